The first-order valence-electron chi connectivity index (χ1n) is 11.9. The first-order chi connectivity index (χ1) is 17.0. The zero-order valence-electron chi connectivity index (χ0n) is 19.7. The van der Waals surface area contributed by atoms with Gasteiger partial charge in [-0.3, -0.25) is 14.4 Å². The first-order valence-corrected chi connectivity index (χ1v) is 12.8. The molecule has 1 aliphatic carbocycles. The third-order valence-corrected chi connectivity index (χ3v) is 6.94. The fourth-order valence-electron chi connectivity index (χ4n) is 4.29. The fraction of sp³-hybridized carbons (Fsp3) is 0.440. The monoisotopic (exact) mass is 498 g/mol. The Morgan fingerprint density at radius 3 is 2.66 bits per heavy atom. The fourth-order valence-corrected chi connectivity index (χ4v) is 5.12. The van der Waals surface area contributed by atoms with E-state index in [1.807, 2.05) is 17.5 Å². The van der Waals surface area contributed by atoms with Crippen LogP contribution in [0.25, 0.3) is 0 Å². The maximum absolute atomic E-state index is 13.5. The lowest BCUT2D eigenvalue weighted by molar-refractivity contribution is -0.142. The van der Waals surface area contributed by atoms with Crippen LogP contribution in [0.3, 0.4) is 0 Å². The number of hydrogen-bond acceptors (Lipinski definition) is 7. The molecule has 3 aromatic heterocycles. The Bertz CT molecular complexity index is 1100. The molecule has 0 bridgehead atoms. The van der Waals surface area contributed by atoms with E-state index in [4.69, 9.17) is 8.94 Å². The molecule has 10 heteroatoms. The van der Waals surface area contributed by atoms with E-state index < -0.39 is 6.04 Å². The third-order valence-electron chi connectivity index (χ3n) is 6.01. The van der Waals surface area contributed by atoms with E-state index in [0.717, 1.165) is 30.6 Å². The number of thiophene rings is 1. The number of nitrogens with zero attached hydrogens (tertiary/aromatic N) is 2. The van der Waals surface area contributed by atoms with Crippen molar-refractivity contribution < 1.29 is 23.3 Å². The van der Waals surface area contributed by atoms with Crippen LogP contribution >= 0.6 is 11.3 Å². The molecule has 1 unspecified atom stereocenters. The summed E-state index contributed by atoms with van der Waals surface area (Å²) >= 11 is 1.42. The molecule has 3 amide bonds. The van der Waals surface area contributed by atoms with Crippen molar-refractivity contribution in [2.45, 2.75) is 70.5 Å². The van der Waals surface area contributed by atoms with Gasteiger partial charge in [0.05, 0.1) is 12.8 Å². The maximum Gasteiger partial charge on any atom is 0.248 e. The maximum atomic E-state index is 13.5. The van der Waals surface area contributed by atoms with Gasteiger partial charge in [-0.1, -0.05) is 30.5 Å². The molecule has 2 N–H and O–H groups in total. The number of carbonyl (C=O) groups is 3. The summed E-state index contributed by atoms with van der Waals surface area (Å²) in [6, 6.07) is 8.14. The number of hydrogen-bond donors (Lipinski definition) is 2. The number of anilines is 1. The van der Waals surface area contributed by atoms with E-state index in [1.54, 1.807) is 25.1 Å². The van der Waals surface area contributed by atoms with Gasteiger partial charge in [0.25, 0.3) is 0 Å². The number of aryl methyl sites for hydroxylation is 1. The van der Waals surface area contributed by atoms with E-state index in [9.17, 15) is 14.4 Å². The molecular formula is C25H30N4O5S. The molecule has 1 fully saturated rings. The predicted octanol–water partition coefficient (Wildman–Crippen LogP) is 4.58. The van der Waals surface area contributed by atoms with Gasteiger partial charge in [0, 0.05) is 29.8 Å². The molecule has 35 heavy (non-hydrogen) atoms. The molecular weight excluding hydrogens is 468 g/mol. The Kier molecular flexibility index (Phi) is 8.36. The normalized spacial score (nSPS) is 14.9. The second-order valence-electron chi connectivity index (χ2n) is 8.73. The number of rotatable bonds is 10. The summed E-state index contributed by atoms with van der Waals surface area (Å²) in [6.45, 7) is 1.85. The summed E-state index contributed by atoms with van der Waals surface area (Å²) in [5, 5.41) is 11.4. The van der Waals surface area contributed by atoms with Crippen molar-refractivity contribution in [1.82, 2.24) is 15.4 Å². The van der Waals surface area contributed by atoms with Crippen LogP contribution in [0.1, 0.15) is 67.4 Å². The average molecular weight is 499 g/mol. The molecule has 186 valence electrons. The van der Waals surface area contributed by atoms with E-state index >= 15 is 0 Å². The van der Waals surface area contributed by atoms with Gasteiger partial charge in [-0.15, -0.1) is 11.3 Å². The Labute approximate surface area is 207 Å². The van der Waals surface area contributed by atoms with E-state index in [1.165, 1.54) is 28.9 Å². The molecule has 1 atom stereocenters. The molecule has 3 heterocycles. The third kappa shape index (κ3) is 6.82. The summed E-state index contributed by atoms with van der Waals surface area (Å²) in [5.41, 5.74) is 0. The zero-order chi connectivity index (χ0) is 24.6. The lowest BCUT2D eigenvalue weighted by atomic mass is 9.95. The van der Waals surface area contributed by atoms with Crippen LogP contribution in [-0.4, -0.2) is 33.8 Å². The highest BCUT2D eigenvalue weighted by Crippen LogP contribution is 2.29. The minimum atomic E-state index is -0.809. The van der Waals surface area contributed by atoms with Crippen LogP contribution in [0.15, 0.2) is 50.9 Å². The van der Waals surface area contributed by atoms with E-state index in [-0.39, 0.29) is 43.1 Å². The van der Waals surface area contributed by atoms with Gasteiger partial charge in [0.2, 0.25) is 17.7 Å². The smallest absolute Gasteiger partial charge is 0.248 e. The van der Waals surface area contributed by atoms with Crippen molar-refractivity contribution in [1.29, 1.82) is 0 Å². The lowest BCUT2D eigenvalue weighted by Crippen LogP contribution is -2.46. The van der Waals surface area contributed by atoms with E-state index in [2.05, 4.69) is 15.8 Å². The molecule has 0 radical (unpaired) electrons. The molecule has 0 spiro atoms. The highest BCUT2D eigenvalue weighted by Gasteiger charge is 2.34. The Morgan fingerprint density at radius 1 is 1.17 bits per heavy atom. The second kappa shape index (κ2) is 11.8. The van der Waals surface area contributed by atoms with Gasteiger partial charge in [-0.2, -0.15) is 0 Å². The van der Waals surface area contributed by atoms with Crippen molar-refractivity contribution >= 4 is 34.9 Å². The topological polar surface area (TPSA) is 118 Å². The zero-order valence-corrected chi connectivity index (χ0v) is 20.5. The highest BCUT2D eigenvalue weighted by molar-refractivity contribution is 7.10. The Morgan fingerprint density at radius 2 is 2.00 bits per heavy atom. The number of carbonyl (C=O) groups excluding carboxylic acids is 3. The van der Waals surface area contributed by atoms with Crippen LogP contribution < -0.4 is 10.6 Å². The summed E-state index contributed by atoms with van der Waals surface area (Å²) < 4.78 is 10.5. The van der Waals surface area contributed by atoms with Crippen LogP contribution in [0.5, 0.6) is 0 Å². The van der Waals surface area contributed by atoms with Gasteiger partial charge in [0.1, 0.15) is 17.6 Å². The summed E-state index contributed by atoms with van der Waals surface area (Å²) in [6.07, 6.45) is 6.65. The van der Waals surface area contributed by atoms with Gasteiger partial charge in [-0.05, 0) is 43.3 Å². The Balaban J connectivity index is 1.50. The quantitative estimate of drug-likeness (QED) is 0.423. The number of nitrogens with one attached hydrogen (secondary N) is 2. The van der Waals surface area contributed by atoms with Crippen LogP contribution in [0.2, 0.25) is 0 Å². The molecule has 9 nitrogen and oxygen atoms in total. The van der Waals surface area contributed by atoms with Crippen molar-refractivity contribution in [2.24, 2.45) is 0 Å². The minimum absolute atomic E-state index is 0.0548. The summed E-state index contributed by atoms with van der Waals surface area (Å²) in [4.78, 5) is 41.7. The Hall–Kier alpha value is -3.40. The number of aromatic nitrogens is 1. The van der Waals surface area contributed by atoms with Crippen molar-refractivity contribution in [3.8, 4) is 0 Å². The van der Waals surface area contributed by atoms with Gasteiger partial charge in [0.15, 0.2) is 5.82 Å². The number of amides is 3. The second-order valence-corrected chi connectivity index (χ2v) is 9.71. The largest absolute Gasteiger partial charge is 0.467 e. The lowest BCUT2D eigenvalue weighted by Gasteiger charge is -2.32. The minimum Gasteiger partial charge on any atom is -0.467 e. The molecule has 3 aromatic rings. The SMILES string of the molecule is Cc1cc(NC(=O)CCC(=O)N(Cc2ccco2)C(C(=O)NC2CCCCC2)c2cccs2)no1. The average Bonchev–Trinajstić information content (AvgIpc) is 3.62. The molecule has 1 saturated carbocycles. The van der Waals surface area contributed by atoms with Crippen LogP contribution in [-0.2, 0) is 20.9 Å². The molecule has 0 aliphatic heterocycles. The summed E-state index contributed by atoms with van der Waals surface area (Å²) in [7, 11) is 0. The van der Waals surface area contributed by atoms with Crippen molar-refractivity contribution in [3.05, 3.63) is 58.4 Å². The predicted molar refractivity (Wildman–Crippen MR) is 130 cm³/mol. The van der Waals surface area contributed by atoms with Gasteiger partial charge < -0.3 is 24.5 Å². The standard InChI is InChI=1S/C25H30N4O5S/c1-17-15-21(28-34-17)27-22(30)11-12-23(31)29(16-19-9-5-13-33-19)24(20-10-6-14-35-20)25(32)26-18-7-3-2-4-8-18/h5-6,9-10,13-15,18,24H,2-4,7-8,11-12,16H2,1H3,(H,26,32)(H,27,28,30). The highest BCUT2D eigenvalue weighted by atomic mass is 32.1. The van der Waals surface area contributed by atoms with E-state index in [0.29, 0.717) is 17.3 Å². The van der Waals surface area contributed by atoms with Crippen molar-refractivity contribution in [3.63, 3.8) is 0 Å². The van der Waals surface area contributed by atoms with Gasteiger partial charge in [-0.25, -0.2) is 0 Å². The summed E-state index contributed by atoms with van der Waals surface area (Å²) in [5.74, 6) is 0.558. The molecule has 0 aromatic carbocycles. The van der Waals surface area contributed by atoms with Crippen LogP contribution in [0.4, 0.5) is 5.82 Å². The van der Waals surface area contributed by atoms with Crippen molar-refractivity contribution in [2.75, 3.05) is 5.32 Å². The number of furan rings is 1. The molecule has 1 aliphatic rings. The molecule has 0 saturated heterocycles. The van der Waals surface area contributed by atoms with Crippen LogP contribution in [0, 0.1) is 6.92 Å². The van der Waals surface area contributed by atoms with Gasteiger partial charge >= 0.3 is 0 Å². The first kappa shape index (κ1) is 24.7. The molecule has 4 rings (SSSR count).